The van der Waals surface area contributed by atoms with Gasteiger partial charge in [-0.3, -0.25) is 4.79 Å². The van der Waals surface area contributed by atoms with Crippen molar-refractivity contribution in [1.82, 2.24) is 9.88 Å². The van der Waals surface area contributed by atoms with Crippen LogP contribution in [0.15, 0.2) is 35.7 Å². The Kier molecular flexibility index (Phi) is 7.50. The van der Waals surface area contributed by atoms with Gasteiger partial charge in [0.05, 0.1) is 19.8 Å². The summed E-state index contributed by atoms with van der Waals surface area (Å²) in [5.41, 5.74) is 0.897. The van der Waals surface area contributed by atoms with Gasteiger partial charge in [-0.2, -0.15) is 0 Å². The first-order chi connectivity index (χ1) is 12.8. The summed E-state index contributed by atoms with van der Waals surface area (Å²) in [6.45, 7) is 8.63. The molecule has 2 rings (SSSR count). The number of amides is 1. The molecule has 1 amide bonds. The van der Waals surface area contributed by atoms with Gasteiger partial charge in [-0.05, 0) is 33.3 Å². The fourth-order valence-electron chi connectivity index (χ4n) is 2.43. The van der Waals surface area contributed by atoms with Gasteiger partial charge in [-0.15, -0.1) is 11.3 Å². The van der Waals surface area contributed by atoms with Crippen LogP contribution in [0.3, 0.4) is 0 Å². The standard InChI is InChI=1S/C20H26N2O4S/c1-5-26-19(24)16-14-27-17(21-16)11-22(20(2,3)4)18(23)13-25-12-15-9-7-6-8-10-15/h6-10,14H,5,11-13H2,1-4H3. The normalized spacial score (nSPS) is 11.3. The molecule has 1 aromatic heterocycles. The number of carbonyl (C=O) groups excluding carboxylic acids is 2. The first-order valence-corrected chi connectivity index (χ1v) is 9.73. The van der Waals surface area contributed by atoms with Gasteiger partial charge in [-0.25, -0.2) is 9.78 Å². The van der Waals surface area contributed by atoms with Gasteiger partial charge in [0.1, 0.15) is 11.6 Å². The second kappa shape index (κ2) is 9.62. The number of esters is 1. The number of thiazole rings is 1. The molecule has 146 valence electrons. The van der Waals surface area contributed by atoms with Crippen LogP contribution < -0.4 is 0 Å². The maximum atomic E-state index is 12.7. The fraction of sp³-hybridized carbons (Fsp3) is 0.450. The Morgan fingerprint density at radius 2 is 1.89 bits per heavy atom. The number of ether oxygens (including phenoxy) is 2. The van der Waals surface area contributed by atoms with E-state index in [1.54, 1.807) is 17.2 Å². The minimum atomic E-state index is -0.445. The topological polar surface area (TPSA) is 68.7 Å². The summed E-state index contributed by atoms with van der Waals surface area (Å²) in [5, 5.41) is 2.34. The molecule has 0 saturated heterocycles. The van der Waals surface area contributed by atoms with Crippen LogP contribution in [0.5, 0.6) is 0 Å². The highest BCUT2D eigenvalue weighted by Gasteiger charge is 2.28. The quantitative estimate of drug-likeness (QED) is 0.644. The Balaban J connectivity index is 1.98. The van der Waals surface area contributed by atoms with Crippen LogP contribution in [0.1, 0.15) is 48.8 Å². The second-order valence-corrected chi connectivity index (χ2v) is 7.92. The van der Waals surface area contributed by atoms with E-state index in [2.05, 4.69) is 4.98 Å². The molecule has 0 unspecified atom stereocenters. The molecule has 0 aliphatic heterocycles. The SMILES string of the molecule is CCOC(=O)c1csc(CN(C(=O)COCc2ccccc2)C(C)(C)C)n1. The smallest absolute Gasteiger partial charge is 0.357 e. The van der Waals surface area contributed by atoms with Crippen LogP contribution in [0, 0.1) is 0 Å². The summed E-state index contributed by atoms with van der Waals surface area (Å²) in [5.74, 6) is -0.564. The molecule has 0 fully saturated rings. The molecule has 0 aliphatic carbocycles. The Morgan fingerprint density at radius 3 is 2.52 bits per heavy atom. The van der Waals surface area contributed by atoms with Crippen molar-refractivity contribution in [2.75, 3.05) is 13.2 Å². The first-order valence-electron chi connectivity index (χ1n) is 8.85. The average molecular weight is 391 g/mol. The lowest BCUT2D eigenvalue weighted by molar-refractivity contribution is -0.142. The summed E-state index contributed by atoms with van der Waals surface area (Å²) in [6.07, 6.45) is 0. The molecule has 0 aliphatic rings. The van der Waals surface area contributed by atoms with Crippen molar-refractivity contribution in [3.05, 3.63) is 52.0 Å². The Hall–Kier alpha value is -2.25. The van der Waals surface area contributed by atoms with E-state index < -0.39 is 11.5 Å². The highest BCUT2D eigenvalue weighted by atomic mass is 32.1. The molecular formula is C20H26N2O4S. The second-order valence-electron chi connectivity index (χ2n) is 6.98. The maximum absolute atomic E-state index is 12.7. The van der Waals surface area contributed by atoms with Gasteiger partial charge in [0, 0.05) is 10.9 Å². The number of hydrogen-bond acceptors (Lipinski definition) is 6. The van der Waals surface area contributed by atoms with Crippen LogP contribution in [0.4, 0.5) is 0 Å². The van der Waals surface area contributed by atoms with Crippen molar-refractivity contribution in [3.8, 4) is 0 Å². The van der Waals surface area contributed by atoms with Gasteiger partial charge in [-0.1, -0.05) is 30.3 Å². The molecular weight excluding hydrogens is 364 g/mol. The summed E-state index contributed by atoms with van der Waals surface area (Å²) < 4.78 is 10.5. The highest BCUT2D eigenvalue weighted by molar-refractivity contribution is 7.09. The predicted molar refractivity (Wildman–Crippen MR) is 104 cm³/mol. The van der Waals surface area contributed by atoms with Gasteiger partial charge < -0.3 is 14.4 Å². The molecule has 2 aromatic rings. The molecule has 0 N–H and O–H groups in total. The van der Waals surface area contributed by atoms with Crippen molar-refractivity contribution in [2.24, 2.45) is 0 Å². The van der Waals surface area contributed by atoms with E-state index in [0.29, 0.717) is 24.8 Å². The van der Waals surface area contributed by atoms with Crippen LogP contribution in [-0.4, -0.2) is 40.5 Å². The zero-order valence-electron chi connectivity index (χ0n) is 16.2. The third-order valence-electron chi connectivity index (χ3n) is 3.78. The van der Waals surface area contributed by atoms with Crippen molar-refractivity contribution in [3.63, 3.8) is 0 Å². The van der Waals surface area contributed by atoms with E-state index >= 15 is 0 Å². The van der Waals surface area contributed by atoms with Gasteiger partial charge in [0.15, 0.2) is 5.69 Å². The van der Waals surface area contributed by atoms with Crippen LogP contribution in [0.2, 0.25) is 0 Å². The van der Waals surface area contributed by atoms with Crippen LogP contribution in [0.25, 0.3) is 0 Å². The van der Waals surface area contributed by atoms with Crippen LogP contribution in [-0.2, 0) is 27.4 Å². The molecule has 0 atom stereocenters. The molecule has 7 heteroatoms. The fourth-order valence-corrected chi connectivity index (χ4v) is 3.18. The molecule has 27 heavy (non-hydrogen) atoms. The lowest BCUT2D eigenvalue weighted by atomic mass is 10.1. The minimum absolute atomic E-state index is 0.0116. The Morgan fingerprint density at radius 1 is 1.19 bits per heavy atom. The average Bonchev–Trinajstić information content (AvgIpc) is 3.08. The van der Waals surface area contributed by atoms with Crippen molar-refractivity contribution >= 4 is 23.2 Å². The molecule has 0 spiro atoms. The zero-order valence-corrected chi connectivity index (χ0v) is 17.0. The van der Waals surface area contributed by atoms with Crippen molar-refractivity contribution in [1.29, 1.82) is 0 Å². The number of nitrogens with zero attached hydrogens (tertiary/aromatic N) is 2. The first kappa shape index (κ1) is 21.1. The molecule has 1 heterocycles. The van der Waals surface area contributed by atoms with Crippen molar-refractivity contribution in [2.45, 2.75) is 46.4 Å². The van der Waals surface area contributed by atoms with Crippen LogP contribution >= 0.6 is 11.3 Å². The van der Waals surface area contributed by atoms with Crippen molar-refractivity contribution < 1.29 is 19.1 Å². The monoisotopic (exact) mass is 390 g/mol. The Bertz CT molecular complexity index is 753. The van der Waals surface area contributed by atoms with Gasteiger partial charge in [0.2, 0.25) is 5.91 Å². The maximum Gasteiger partial charge on any atom is 0.357 e. The van der Waals surface area contributed by atoms with Gasteiger partial charge >= 0.3 is 5.97 Å². The van der Waals surface area contributed by atoms with E-state index in [9.17, 15) is 9.59 Å². The third kappa shape index (κ3) is 6.45. The molecule has 0 radical (unpaired) electrons. The summed E-state index contributed by atoms with van der Waals surface area (Å²) in [7, 11) is 0. The molecule has 0 saturated carbocycles. The number of hydrogen-bond donors (Lipinski definition) is 0. The third-order valence-corrected chi connectivity index (χ3v) is 4.61. The highest BCUT2D eigenvalue weighted by Crippen LogP contribution is 2.20. The molecule has 0 bridgehead atoms. The lowest BCUT2D eigenvalue weighted by Crippen LogP contribution is -2.46. The predicted octanol–water partition coefficient (Wildman–Crippen LogP) is 3.66. The van der Waals surface area contributed by atoms with Gasteiger partial charge in [0.25, 0.3) is 0 Å². The summed E-state index contributed by atoms with van der Waals surface area (Å²) >= 11 is 1.34. The lowest BCUT2D eigenvalue weighted by Gasteiger charge is -2.35. The number of benzene rings is 1. The zero-order chi connectivity index (χ0) is 19.9. The van der Waals surface area contributed by atoms with E-state index in [1.807, 2.05) is 51.1 Å². The Labute approximate surface area is 164 Å². The van der Waals surface area contributed by atoms with E-state index in [0.717, 1.165) is 5.56 Å². The minimum Gasteiger partial charge on any atom is -0.461 e. The number of aromatic nitrogens is 1. The summed E-state index contributed by atoms with van der Waals surface area (Å²) in [4.78, 5) is 30.5. The number of carbonyl (C=O) groups is 2. The molecule has 1 aromatic carbocycles. The van der Waals surface area contributed by atoms with E-state index in [4.69, 9.17) is 9.47 Å². The molecule has 6 nitrogen and oxygen atoms in total. The van der Waals surface area contributed by atoms with E-state index in [-0.39, 0.29) is 18.2 Å². The number of rotatable bonds is 8. The van der Waals surface area contributed by atoms with E-state index in [1.165, 1.54) is 11.3 Å². The largest absolute Gasteiger partial charge is 0.461 e. The summed E-state index contributed by atoms with van der Waals surface area (Å²) in [6, 6.07) is 9.72.